The molecule has 2 heteroatoms. The smallest absolute Gasteiger partial charge is 0.0405 e. The first kappa shape index (κ1) is 11.8. The topological polar surface area (TPSA) is 15.3 Å². The fourth-order valence-corrected chi connectivity index (χ4v) is 4.32. The Balaban J connectivity index is 1.57. The molecule has 1 N–H and O–H groups in total. The molecule has 0 bridgehead atoms. The molecular weight excluding hydrogens is 232 g/mol. The molecule has 1 saturated heterocycles. The number of hydrogen-bond acceptors (Lipinski definition) is 2. The van der Waals surface area contributed by atoms with Gasteiger partial charge in [-0.2, -0.15) is 0 Å². The van der Waals surface area contributed by atoms with E-state index in [0.717, 1.165) is 5.92 Å². The van der Waals surface area contributed by atoms with Gasteiger partial charge in [-0.1, -0.05) is 24.6 Å². The van der Waals surface area contributed by atoms with Gasteiger partial charge in [0, 0.05) is 24.2 Å². The Morgan fingerprint density at radius 2 is 2.11 bits per heavy atom. The van der Waals surface area contributed by atoms with E-state index in [1.807, 2.05) is 0 Å². The third kappa shape index (κ3) is 1.88. The summed E-state index contributed by atoms with van der Waals surface area (Å²) < 4.78 is 0. The quantitative estimate of drug-likeness (QED) is 0.875. The molecule has 1 aromatic rings. The minimum absolute atomic E-state index is 0.526. The van der Waals surface area contributed by atoms with Gasteiger partial charge in [0.15, 0.2) is 0 Å². The lowest BCUT2D eigenvalue weighted by Crippen LogP contribution is -2.43. The van der Waals surface area contributed by atoms with Crippen LogP contribution in [0.3, 0.4) is 0 Å². The number of nitrogens with zero attached hydrogens (tertiary/aromatic N) is 1. The predicted molar refractivity (Wildman–Crippen MR) is 79.8 cm³/mol. The molecule has 2 nitrogen and oxygen atoms in total. The van der Waals surface area contributed by atoms with Gasteiger partial charge >= 0.3 is 0 Å². The number of para-hydroxylation sites is 1. The number of anilines is 1. The number of rotatable bonds is 2. The summed E-state index contributed by atoms with van der Waals surface area (Å²) in [4.78, 5) is 2.69. The maximum atomic E-state index is 3.55. The third-order valence-corrected chi connectivity index (χ3v) is 5.50. The normalized spacial score (nSPS) is 28.2. The van der Waals surface area contributed by atoms with Crippen molar-refractivity contribution in [2.75, 3.05) is 31.1 Å². The van der Waals surface area contributed by atoms with Crippen LogP contribution in [-0.4, -0.2) is 26.2 Å². The zero-order valence-corrected chi connectivity index (χ0v) is 11.7. The summed E-state index contributed by atoms with van der Waals surface area (Å²) in [6.45, 7) is 4.97. The molecule has 4 rings (SSSR count). The van der Waals surface area contributed by atoms with Crippen LogP contribution < -0.4 is 10.2 Å². The maximum absolute atomic E-state index is 3.55. The highest BCUT2D eigenvalue weighted by Crippen LogP contribution is 2.52. The fourth-order valence-electron chi connectivity index (χ4n) is 4.32. The highest BCUT2D eigenvalue weighted by Gasteiger charge is 2.46. The Labute approximate surface area is 116 Å². The highest BCUT2D eigenvalue weighted by molar-refractivity contribution is 5.63. The molecule has 1 spiro atoms. The molecule has 3 aliphatic rings. The molecule has 2 aliphatic heterocycles. The van der Waals surface area contributed by atoms with Crippen LogP contribution in [0, 0.1) is 5.92 Å². The fraction of sp³-hybridized carbons (Fsp3) is 0.647. The summed E-state index contributed by atoms with van der Waals surface area (Å²) in [6.07, 6.45) is 6.99. The molecule has 1 unspecified atom stereocenters. The second-order valence-electron chi connectivity index (χ2n) is 6.74. The zero-order valence-electron chi connectivity index (χ0n) is 11.7. The van der Waals surface area contributed by atoms with Gasteiger partial charge < -0.3 is 10.2 Å². The van der Waals surface area contributed by atoms with Gasteiger partial charge in [-0.15, -0.1) is 0 Å². The largest absolute Gasteiger partial charge is 0.370 e. The first-order chi connectivity index (χ1) is 9.37. The van der Waals surface area contributed by atoms with E-state index in [1.165, 1.54) is 64.0 Å². The molecule has 1 saturated carbocycles. The molecule has 0 aromatic heterocycles. The van der Waals surface area contributed by atoms with Gasteiger partial charge in [-0.3, -0.25) is 0 Å². The van der Waals surface area contributed by atoms with Crippen LogP contribution in [0.4, 0.5) is 5.69 Å². The molecule has 1 atom stereocenters. The van der Waals surface area contributed by atoms with Crippen molar-refractivity contribution in [3.63, 3.8) is 0 Å². The van der Waals surface area contributed by atoms with E-state index in [9.17, 15) is 0 Å². The molecular formula is C17H24N2. The first-order valence-corrected chi connectivity index (χ1v) is 7.93. The lowest BCUT2D eigenvalue weighted by Gasteiger charge is -2.39. The number of nitrogens with one attached hydrogen (secondary N) is 1. The molecule has 19 heavy (non-hydrogen) atoms. The van der Waals surface area contributed by atoms with E-state index in [2.05, 4.69) is 34.5 Å². The third-order valence-electron chi connectivity index (χ3n) is 5.50. The molecule has 2 heterocycles. The lowest BCUT2D eigenvalue weighted by atomic mass is 9.66. The zero-order chi connectivity index (χ0) is 12.7. The average Bonchev–Trinajstić information content (AvgIpc) is 2.75. The second-order valence-corrected chi connectivity index (χ2v) is 6.74. The van der Waals surface area contributed by atoms with Gasteiger partial charge in [-0.25, -0.2) is 0 Å². The van der Waals surface area contributed by atoms with Crippen molar-refractivity contribution in [3.05, 3.63) is 29.8 Å². The molecule has 0 amide bonds. The molecule has 102 valence electrons. The van der Waals surface area contributed by atoms with Crippen molar-refractivity contribution < 1.29 is 0 Å². The van der Waals surface area contributed by atoms with Crippen LogP contribution in [-0.2, 0) is 5.41 Å². The molecule has 0 radical (unpaired) electrons. The van der Waals surface area contributed by atoms with Crippen molar-refractivity contribution in [2.45, 2.75) is 37.5 Å². The molecule has 2 fully saturated rings. The summed E-state index contributed by atoms with van der Waals surface area (Å²) in [5.74, 6) is 0.844. The minimum atomic E-state index is 0.526. The van der Waals surface area contributed by atoms with Gasteiger partial charge in [0.05, 0.1) is 0 Å². The first-order valence-electron chi connectivity index (χ1n) is 7.93. The average molecular weight is 256 g/mol. The Morgan fingerprint density at radius 1 is 1.21 bits per heavy atom. The van der Waals surface area contributed by atoms with Crippen LogP contribution in [0.1, 0.15) is 37.7 Å². The summed E-state index contributed by atoms with van der Waals surface area (Å²) >= 11 is 0. The maximum Gasteiger partial charge on any atom is 0.0405 e. The Kier molecular flexibility index (Phi) is 2.80. The van der Waals surface area contributed by atoms with Crippen molar-refractivity contribution in [3.8, 4) is 0 Å². The van der Waals surface area contributed by atoms with Gasteiger partial charge in [0.25, 0.3) is 0 Å². The highest BCUT2D eigenvalue weighted by atomic mass is 15.2. The summed E-state index contributed by atoms with van der Waals surface area (Å²) in [5, 5.41) is 3.55. The van der Waals surface area contributed by atoms with Crippen LogP contribution in [0.5, 0.6) is 0 Å². The standard InChI is InChI=1S/C17H24N2/c1-2-7-16-15(6-1)17(8-4-9-17)13-19(16)12-14-5-3-10-18-11-14/h1-2,6-7,14,18H,3-5,8-13H2. The Morgan fingerprint density at radius 3 is 2.84 bits per heavy atom. The van der Waals surface area contributed by atoms with E-state index in [4.69, 9.17) is 0 Å². The van der Waals surface area contributed by atoms with E-state index >= 15 is 0 Å². The summed E-state index contributed by atoms with van der Waals surface area (Å²) in [6, 6.07) is 9.17. The predicted octanol–water partition coefficient (Wildman–Crippen LogP) is 2.93. The van der Waals surface area contributed by atoms with Crippen LogP contribution >= 0.6 is 0 Å². The second kappa shape index (κ2) is 4.52. The van der Waals surface area contributed by atoms with Crippen molar-refractivity contribution in [1.82, 2.24) is 5.32 Å². The van der Waals surface area contributed by atoms with Crippen LogP contribution in [0.2, 0.25) is 0 Å². The van der Waals surface area contributed by atoms with Crippen molar-refractivity contribution >= 4 is 5.69 Å². The van der Waals surface area contributed by atoms with E-state index in [-0.39, 0.29) is 0 Å². The number of fused-ring (bicyclic) bond motifs is 2. The van der Waals surface area contributed by atoms with Crippen molar-refractivity contribution in [1.29, 1.82) is 0 Å². The molecule has 1 aliphatic carbocycles. The Bertz CT molecular complexity index is 458. The monoisotopic (exact) mass is 256 g/mol. The Hall–Kier alpha value is -1.02. The van der Waals surface area contributed by atoms with Crippen molar-refractivity contribution in [2.24, 2.45) is 5.92 Å². The number of benzene rings is 1. The van der Waals surface area contributed by atoms with Crippen LogP contribution in [0.25, 0.3) is 0 Å². The minimum Gasteiger partial charge on any atom is -0.370 e. The van der Waals surface area contributed by atoms with Gasteiger partial charge in [0.2, 0.25) is 0 Å². The lowest BCUT2D eigenvalue weighted by molar-refractivity contribution is 0.259. The number of piperidine rings is 1. The molecule has 1 aromatic carbocycles. The summed E-state index contributed by atoms with van der Waals surface area (Å²) in [7, 11) is 0. The van der Waals surface area contributed by atoms with Gasteiger partial charge in [-0.05, 0) is 56.3 Å². The SMILES string of the molecule is c1ccc2c(c1)N(CC1CCCNC1)CC21CCC1. The van der Waals surface area contributed by atoms with E-state index in [1.54, 1.807) is 5.56 Å². The van der Waals surface area contributed by atoms with E-state index < -0.39 is 0 Å². The van der Waals surface area contributed by atoms with Crippen LogP contribution in [0.15, 0.2) is 24.3 Å². The number of hydrogen-bond donors (Lipinski definition) is 1. The summed E-state index contributed by atoms with van der Waals surface area (Å²) in [5.41, 5.74) is 3.70. The van der Waals surface area contributed by atoms with Gasteiger partial charge in [0.1, 0.15) is 0 Å². The van der Waals surface area contributed by atoms with E-state index in [0.29, 0.717) is 5.41 Å².